The van der Waals surface area contributed by atoms with Gasteiger partial charge >= 0.3 is 0 Å². The van der Waals surface area contributed by atoms with Gasteiger partial charge in [-0.05, 0) is 11.6 Å². The van der Waals surface area contributed by atoms with E-state index in [4.69, 9.17) is 9.47 Å². The number of aliphatic hydroxyl groups is 1. The summed E-state index contributed by atoms with van der Waals surface area (Å²) in [7, 11) is 6.25. The van der Waals surface area contributed by atoms with E-state index in [0.717, 1.165) is 0 Å². The first-order chi connectivity index (χ1) is 8.06. The first-order valence-electron chi connectivity index (χ1n) is 5.13. The number of methoxy groups -OCH3 is 2. The molecule has 1 aromatic rings. The summed E-state index contributed by atoms with van der Waals surface area (Å²) in [4.78, 5) is 13.5. The summed E-state index contributed by atoms with van der Waals surface area (Å²) in [5.41, 5.74) is 0.848. The minimum absolute atomic E-state index is 0.227. The lowest BCUT2D eigenvalue weighted by molar-refractivity contribution is 0.0820. The molecule has 94 valence electrons. The van der Waals surface area contributed by atoms with Crippen LogP contribution in [0.15, 0.2) is 12.1 Å². The lowest BCUT2D eigenvalue weighted by Gasteiger charge is -2.18. The smallest absolute Gasteiger partial charge is 0.257 e. The van der Waals surface area contributed by atoms with Gasteiger partial charge in [-0.25, -0.2) is 0 Å². The van der Waals surface area contributed by atoms with Crippen molar-refractivity contribution in [2.45, 2.75) is 6.61 Å². The summed E-state index contributed by atoms with van der Waals surface area (Å²) in [6, 6.07) is 3.31. The first kappa shape index (κ1) is 13.3. The van der Waals surface area contributed by atoms with E-state index >= 15 is 0 Å². The number of aliphatic hydroxyl groups excluding tert-OH is 1. The molecule has 5 heteroatoms. The third kappa shape index (κ3) is 2.50. The van der Waals surface area contributed by atoms with Crippen molar-refractivity contribution in [2.24, 2.45) is 0 Å². The lowest BCUT2D eigenvalue weighted by Crippen LogP contribution is -2.24. The zero-order valence-electron chi connectivity index (χ0n) is 10.5. The van der Waals surface area contributed by atoms with Crippen LogP contribution in [-0.4, -0.2) is 44.2 Å². The van der Waals surface area contributed by atoms with Gasteiger partial charge in [-0.1, -0.05) is 6.07 Å². The second-order valence-corrected chi connectivity index (χ2v) is 3.69. The molecule has 1 aromatic carbocycles. The molecule has 0 aliphatic heterocycles. The number of hydrogen-bond acceptors (Lipinski definition) is 4. The average molecular weight is 239 g/mol. The van der Waals surface area contributed by atoms with Gasteiger partial charge in [0.1, 0.15) is 0 Å². The molecule has 5 nitrogen and oxygen atoms in total. The van der Waals surface area contributed by atoms with Gasteiger partial charge < -0.3 is 19.5 Å². The van der Waals surface area contributed by atoms with Crippen LogP contribution < -0.4 is 9.47 Å². The third-order valence-electron chi connectivity index (χ3n) is 2.42. The van der Waals surface area contributed by atoms with Crippen molar-refractivity contribution in [1.82, 2.24) is 4.90 Å². The number of benzene rings is 1. The quantitative estimate of drug-likeness (QED) is 0.848. The average Bonchev–Trinajstić information content (AvgIpc) is 2.35. The number of hydrogen-bond donors (Lipinski definition) is 1. The molecule has 0 saturated carbocycles. The Kier molecular flexibility index (Phi) is 4.34. The zero-order chi connectivity index (χ0) is 13.0. The van der Waals surface area contributed by atoms with Crippen LogP contribution >= 0.6 is 0 Å². The Labute approximate surface area is 101 Å². The highest BCUT2D eigenvalue weighted by Crippen LogP contribution is 2.34. The molecule has 0 radical (unpaired) electrons. The number of amides is 1. The van der Waals surface area contributed by atoms with Crippen molar-refractivity contribution >= 4 is 5.91 Å². The highest BCUT2D eigenvalue weighted by molar-refractivity contribution is 5.99. The molecule has 0 spiro atoms. The molecule has 17 heavy (non-hydrogen) atoms. The van der Waals surface area contributed by atoms with Gasteiger partial charge in [-0.3, -0.25) is 4.79 Å². The van der Waals surface area contributed by atoms with Crippen LogP contribution in [0.3, 0.4) is 0 Å². The van der Waals surface area contributed by atoms with Crippen LogP contribution in [0.5, 0.6) is 11.5 Å². The molecule has 1 N–H and O–H groups in total. The molecule has 0 aliphatic carbocycles. The second-order valence-electron chi connectivity index (χ2n) is 3.69. The summed E-state index contributed by atoms with van der Waals surface area (Å²) in [5, 5.41) is 9.27. The maximum Gasteiger partial charge on any atom is 0.257 e. The predicted molar refractivity (Wildman–Crippen MR) is 63.5 cm³/mol. The summed E-state index contributed by atoms with van der Waals surface area (Å²) >= 11 is 0. The minimum Gasteiger partial charge on any atom is -0.493 e. The molecule has 0 atom stereocenters. The van der Waals surface area contributed by atoms with Gasteiger partial charge in [0.2, 0.25) is 0 Å². The number of ether oxygens (including phenoxy) is 2. The molecule has 0 saturated heterocycles. The van der Waals surface area contributed by atoms with Gasteiger partial charge in [0.15, 0.2) is 11.5 Å². The van der Waals surface area contributed by atoms with E-state index in [1.165, 1.54) is 19.1 Å². The van der Waals surface area contributed by atoms with E-state index in [0.29, 0.717) is 22.6 Å². The lowest BCUT2D eigenvalue weighted by atomic mass is 10.0. The van der Waals surface area contributed by atoms with Crippen LogP contribution in [0.4, 0.5) is 0 Å². The third-order valence-corrected chi connectivity index (χ3v) is 2.42. The number of carbonyl (C=O) groups is 1. The number of carbonyl (C=O) groups excluding carboxylic acids is 1. The van der Waals surface area contributed by atoms with Crippen molar-refractivity contribution in [3.05, 3.63) is 23.3 Å². The minimum atomic E-state index is -0.232. The van der Waals surface area contributed by atoms with Gasteiger partial charge in [0, 0.05) is 14.1 Å². The maximum absolute atomic E-state index is 12.1. The van der Waals surface area contributed by atoms with Gasteiger partial charge in [-0.15, -0.1) is 0 Å². The van der Waals surface area contributed by atoms with Crippen molar-refractivity contribution in [3.63, 3.8) is 0 Å². The molecular weight excluding hydrogens is 222 g/mol. The summed E-state index contributed by atoms with van der Waals surface area (Å²) < 4.78 is 10.3. The van der Waals surface area contributed by atoms with Crippen LogP contribution in [0, 0.1) is 0 Å². The van der Waals surface area contributed by atoms with E-state index in [9.17, 15) is 9.90 Å². The molecule has 0 aliphatic rings. The summed E-state index contributed by atoms with van der Waals surface area (Å²) in [5.74, 6) is 0.581. The largest absolute Gasteiger partial charge is 0.493 e. The van der Waals surface area contributed by atoms with Gasteiger partial charge in [-0.2, -0.15) is 0 Å². The monoisotopic (exact) mass is 239 g/mol. The molecule has 0 fully saturated rings. The Morgan fingerprint density at radius 2 is 1.94 bits per heavy atom. The molecule has 0 bridgehead atoms. The van der Waals surface area contributed by atoms with E-state index < -0.39 is 0 Å². The zero-order valence-corrected chi connectivity index (χ0v) is 10.5. The number of rotatable bonds is 4. The summed E-state index contributed by atoms with van der Waals surface area (Å²) in [6.07, 6.45) is 0. The van der Waals surface area contributed by atoms with Crippen LogP contribution in [0.2, 0.25) is 0 Å². The number of nitrogens with zero attached hydrogens (tertiary/aromatic N) is 1. The van der Waals surface area contributed by atoms with Crippen LogP contribution in [-0.2, 0) is 6.61 Å². The molecular formula is C12H17NO4. The Hall–Kier alpha value is -1.75. The van der Waals surface area contributed by atoms with E-state index in [-0.39, 0.29) is 12.5 Å². The summed E-state index contributed by atoms with van der Waals surface area (Å²) in [6.45, 7) is -0.227. The molecule has 0 aromatic heterocycles. The normalized spacial score (nSPS) is 9.94. The Morgan fingerprint density at radius 1 is 1.29 bits per heavy atom. The van der Waals surface area contributed by atoms with E-state index in [2.05, 4.69) is 0 Å². The fourth-order valence-electron chi connectivity index (χ4n) is 1.56. The van der Waals surface area contributed by atoms with E-state index in [1.54, 1.807) is 26.2 Å². The molecule has 1 amide bonds. The van der Waals surface area contributed by atoms with Crippen LogP contribution in [0.25, 0.3) is 0 Å². The fraction of sp³-hybridized carbons (Fsp3) is 0.417. The predicted octanol–water partition coefficient (Wildman–Crippen LogP) is 0.898. The second kappa shape index (κ2) is 5.54. The highest BCUT2D eigenvalue weighted by atomic mass is 16.5. The van der Waals surface area contributed by atoms with Crippen LogP contribution in [0.1, 0.15) is 15.9 Å². The van der Waals surface area contributed by atoms with Crippen molar-refractivity contribution in [3.8, 4) is 11.5 Å². The van der Waals surface area contributed by atoms with Crippen molar-refractivity contribution in [2.75, 3.05) is 28.3 Å². The topological polar surface area (TPSA) is 59.0 Å². The molecule has 0 unspecified atom stereocenters. The fourth-order valence-corrected chi connectivity index (χ4v) is 1.56. The Morgan fingerprint density at radius 3 is 2.35 bits per heavy atom. The van der Waals surface area contributed by atoms with Crippen molar-refractivity contribution < 1.29 is 19.4 Å². The van der Waals surface area contributed by atoms with Gasteiger partial charge in [0.05, 0.1) is 26.4 Å². The maximum atomic E-state index is 12.1. The Balaban J connectivity index is 3.45. The first-order valence-corrected chi connectivity index (χ1v) is 5.13. The standard InChI is InChI=1S/C12H17NO4/c1-13(2)12(15)10-8(7-14)5-6-9(16-3)11(10)17-4/h5-6,14H,7H2,1-4H3. The van der Waals surface area contributed by atoms with Crippen molar-refractivity contribution in [1.29, 1.82) is 0 Å². The molecule has 1 rings (SSSR count). The molecule has 0 heterocycles. The Bertz CT molecular complexity index is 415. The van der Waals surface area contributed by atoms with Gasteiger partial charge in [0.25, 0.3) is 5.91 Å². The van der Waals surface area contributed by atoms with E-state index in [1.807, 2.05) is 0 Å². The highest BCUT2D eigenvalue weighted by Gasteiger charge is 2.22. The SMILES string of the molecule is COc1ccc(CO)c(C(=O)N(C)C)c1OC.